The third kappa shape index (κ3) is 2.13. The second kappa shape index (κ2) is 4.96. The van der Waals surface area contributed by atoms with Gasteiger partial charge in [-0.25, -0.2) is 4.79 Å². The monoisotopic (exact) mass is 268 g/mol. The molecule has 1 N–H and O–H groups in total. The van der Waals surface area contributed by atoms with Gasteiger partial charge in [0, 0.05) is 18.3 Å². The van der Waals surface area contributed by atoms with Crippen LogP contribution in [0.2, 0.25) is 0 Å². The summed E-state index contributed by atoms with van der Waals surface area (Å²) in [6, 6.07) is 11.3. The number of carbonyl (C=O) groups is 1. The molecular weight excluding hydrogens is 252 g/mol. The fourth-order valence-corrected chi connectivity index (χ4v) is 2.71. The second-order valence-corrected chi connectivity index (χ2v) is 5.08. The summed E-state index contributed by atoms with van der Waals surface area (Å²) in [6.45, 7) is 2.53. The van der Waals surface area contributed by atoms with Crippen LogP contribution in [0.1, 0.15) is 16.8 Å². The molecule has 2 aromatic rings. The van der Waals surface area contributed by atoms with E-state index in [1.165, 1.54) is 0 Å². The van der Waals surface area contributed by atoms with Crippen LogP contribution in [0, 0.1) is 6.92 Å². The van der Waals surface area contributed by atoms with E-state index in [4.69, 9.17) is 0 Å². The molecule has 0 bridgehead atoms. The van der Waals surface area contributed by atoms with E-state index in [1.54, 1.807) is 6.20 Å². The molecule has 1 aromatic carbocycles. The number of aliphatic carboxylic acids is 1. The van der Waals surface area contributed by atoms with Crippen LogP contribution in [0.25, 0.3) is 0 Å². The second-order valence-electron chi connectivity index (χ2n) is 5.08. The first-order valence-electron chi connectivity index (χ1n) is 6.64. The SMILES string of the molecule is Cc1cccnc1CN1c2ccccc2CC1C(=O)O. The molecule has 3 rings (SSSR count). The van der Waals surface area contributed by atoms with Gasteiger partial charge in [-0.1, -0.05) is 24.3 Å². The Morgan fingerprint density at radius 1 is 1.35 bits per heavy atom. The van der Waals surface area contributed by atoms with Crippen LogP contribution in [-0.4, -0.2) is 22.1 Å². The third-order valence-corrected chi connectivity index (χ3v) is 3.81. The van der Waals surface area contributed by atoms with Crippen molar-refractivity contribution < 1.29 is 9.90 Å². The van der Waals surface area contributed by atoms with Gasteiger partial charge in [-0.15, -0.1) is 0 Å². The van der Waals surface area contributed by atoms with Gasteiger partial charge in [0.1, 0.15) is 6.04 Å². The van der Waals surface area contributed by atoms with Crippen LogP contribution in [0.5, 0.6) is 0 Å². The Kier molecular flexibility index (Phi) is 3.14. The van der Waals surface area contributed by atoms with Crippen molar-refractivity contribution in [3.63, 3.8) is 0 Å². The Bertz CT molecular complexity index is 654. The van der Waals surface area contributed by atoms with Gasteiger partial charge >= 0.3 is 5.97 Å². The number of para-hydroxylation sites is 1. The minimum atomic E-state index is -0.783. The summed E-state index contributed by atoms with van der Waals surface area (Å²) in [4.78, 5) is 17.8. The van der Waals surface area contributed by atoms with Crippen molar-refractivity contribution >= 4 is 11.7 Å². The quantitative estimate of drug-likeness (QED) is 0.928. The number of benzene rings is 1. The average molecular weight is 268 g/mol. The smallest absolute Gasteiger partial charge is 0.326 e. The lowest BCUT2D eigenvalue weighted by molar-refractivity contribution is -0.138. The summed E-state index contributed by atoms with van der Waals surface area (Å²) in [7, 11) is 0. The number of aromatic nitrogens is 1. The molecule has 4 nitrogen and oxygen atoms in total. The van der Waals surface area contributed by atoms with Crippen LogP contribution >= 0.6 is 0 Å². The molecule has 0 fully saturated rings. The van der Waals surface area contributed by atoms with Crippen molar-refractivity contribution in [2.75, 3.05) is 4.90 Å². The topological polar surface area (TPSA) is 53.4 Å². The van der Waals surface area contributed by atoms with Gasteiger partial charge in [0.25, 0.3) is 0 Å². The summed E-state index contributed by atoms with van der Waals surface area (Å²) in [5.74, 6) is -0.783. The van der Waals surface area contributed by atoms with Gasteiger partial charge in [0.15, 0.2) is 0 Å². The lowest BCUT2D eigenvalue weighted by Gasteiger charge is -2.25. The van der Waals surface area contributed by atoms with Crippen molar-refractivity contribution in [3.05, 3.63) is 59.4 Å². The molecule has 0 spiro atoms. The molecule has 0 aliphatic carbocycles. The first-order valence-corrected chi connectivity index (χ1v) is 6.64. The lowest BCUT2D eigenvalue weighted by atomic mass is 10.1. The Hall–Kier alpha value is -2.36. The zero-order valence-electron chi connectivity index (χ0n) is 11.3. The number of pyridine rings is 1. The molecule has 0 radical (unpaired) electrons. The van der Waals surface area contributed by atoms with Gasteiger partial charge in [0.05, 0.1) is 12.2 Å². The summed E-state index contributed by atoms with van der Waals surface area (Å²) in [5, 5.41) is 9.44. The fourth-order valence-electron chi connectivity index (χ4n) is 2.71. The van der Waals surface area contributed by atoms with Crippen LogP contribution in [0.4, 0.5) is 5.69 Å². The van der Waals surface area contributed by atoms with Crippen molar-refractivity contribution in [3.8, 4) is 0 Å². The maximum Gasteiger partial charge on any atom is 0.326 e. The molecular formula is C16H16N2O2. The van der Waals surface area contributed by atoms with E-state index in [2.05, 4.69) is 4.98 Å². The molecule has 1 atom stereocenters. The maximum absolute atomic E-state index is 11.5. The van der Waals surface area contributed by atoms with Gasteiger partial charge in [-0.2, -0.15) is 0 Å². The largest absolute Gasteiger partial charge is 0.480 e. The first-order chi connectivity index (χ1) is 9.66. The summed E-state index contributed by atoms with van der Waals surface area (Å²) in [6.07, 6.45) is 2.30. The highest BCUT2D eigenvalue weighted by Crippen LogP contribution is 2.33. The molecule has 1 unspecified atom stereocenters. The molecule has 1 aromatic heterocycles. The number of nitrogens with zero attached hydrogens (tertiary/aromatic N) is 2. The normalized spacial score (nSPS) is 17.1. The summed E-state index contributed by atoms with van der Waals surface area (Å²) in [5.41, 5.74) is 4.11. The molecule has 20 heavy (non-hydrogen) atoms. The van der Waals surface area contributed by atoms with Gasteiger partial charge in [-0.05, 0) is 30.2 Å². The van der Waals surface area contributed by atoms with E-state index >= 15 is 0 Å². The van der Waals surface area contributed by atoms with Gasteiger partial charge < -0.3 is 10.0 Å². The summed E-state index contributed by atoms with van der Waals surface area (Å²) < 4.78 is 0. The lowest BCUT2D eigenvalue weighted by Crippen LogP contribution is -2.38. The zero-order valence-corrected chi connectivity index (χ0v) is 11.3. The van der Waals surface area contributed by atoms with Crippen molar-refractivity contribution in [1.29, 1.82) is 0 Å². The van der Waals surface area contributed by atoms with Crippen molar-refractivity contribution in [2.24, 2.45) is 0 Å². The van der Waals surface area contributed by atoms with Gasteiger partial charge in [0.2, 0.25) is 0 Å². The molecule has 0 saturated heterocycles. The number of anilines is 1. The maximum atomic E-state index is 11.5. The highest BCUT2D eigenvalue weighted by molar-refractivity contribution is 5.82. The fraction of sp³-hybridized carbons (Fsp3) is 0.250. The summed E-state index contributed by atoms with van der Waals surface area (Å²) >= 11 is 0. The molecule has 4 heteroatoms. The van der Waals surface area contributed by atoms with E-state index in [9.17, 15) is 9.90 Å². The predicted molar refractivity (Wildman–Crippen MR) is 76.7 cm³/mol. The zero-order chi connectivity index (χ0) is 14.1. The van der Waals surface area contributed by atoms with Crippen LogP contribution in [-0.2, 0) is 17.8 Å². The molecule has 1 aliphatic heterocycles. The number of carboxylic acid groups (broad SMARTS) is 1. The number of hydrogen-bond acceptors (Lipinski definition) is 3. The number of aryl methyl sites for hydroxylation is 1. The molecule has 1 aliphatic rings. The van der Waals surface area contributed by atoms with Crippen LogP contribution in [0.3, 0.4) is 0 Å². The number of fused-ring (bicyclic) bond motifs is 1. The molecule has 0 amide bonds. The van der Waals surface area contributed by atoms with E-state index in [0.717, 1.165) is 22.5 Å². The van der Waals surface area contributed by atoms with E-state index in [0.29, 0.717) is 13.0 Å². The minimum absolute atomic E-state index is 0.506. The predicted octanol–water partition coefficient (Wildman–Crippen LogP) is 2.41. The van der Waals surface area contributed by atoms with E-state index < -0.39 is 12.0 Å². The highest BCUT2D eigenvalue weighted by atomic mass is 16.4. The van der Waals surface area contributed by atoms with Crippen molar-refractivity contribution in [2.45, 2.75) is 25.9 Å². The van der Waals surface area contributed by atoms with E-state index in [-0.39, 0.29) is 0 Å². The standard InChI is InChI=1S/C16H16N2O2/c1-11-5-4-8-17-13(11)10-18-14-7-3-2-6-12(14)9-15(18)16(19)20/h2-8,15H,9-10H2,1H3,(H,19,20). The Labute approximate surface area is 117 Å². The van der Waals surface area contributed by atoms with Crippen molar-refractivity contribution in [1.82, 2.24) is 4.98 Å². The molecule has 2 heterocycles. The Morgan fingerprint density at radius 3 is 2.90 bits per heavy atom. The average Bonchev–Trinajstić information content (AvgIpc) is 2.81. The van der Waals surface area contributed by atoms with E-state index in [1.807, 2.05) is 48.2 Å². The van der Waals surface area contributed by atoms with Crippen LogP contribution < -0.4 is 4.90 Å². The number of hydrogen-bond donors (Lipinski definition) is 1. The third-order valence-electron chi connectivity index (χ3n) is 3.81. The Balaban J connectivity index is 1.97. The first kappa shape index (κ1) is 12.7. The van der Waals surface area contributed by atoms with Crippen LogP contribution in [0.15, 0.2) is 42.6 Å². The molecule has 102 valence electrons. The minimum Gasteiger partial charge on any atom is -0.480 e. The molecule has 0 saturated carbocycles. The number of rotatable bonds is 3. The van der Waals surface area contributed by atoms with Gasteiger partial charge in [-0.3, -0.25) is 4.98 Å². The highest BCUT2D eigenvalue weighted by Gasteiger charge is 2.34. The number of carboxylic acids is 1. The Morgan fingerprint density at radius 2 is 2.15 bits per heavy atom.